The van der Waals surface area contributed by atoms with Crippen molar-refractivity contribution in [2.75, 3.05) is 0 Å². The maximum Gasteiger partial charge on any atom is 0.345 e. The van der Waals surface area contributed by atoms with E-state index in [4.69, 9.17) is 5.11 Å². The first-order valence-electron chi connectivity index (χ1n) is 5.24. The van der Waals surface area contributed by atoms with Gasteiger partial charge in [0.1, 0.15) is 9.09 Å². The molecule has 5 nitrogen and oxygen atoms in total. The number of nitrogens with one attached hydrogen (secondary N) is 1. The van der Waals surface area contributed by atoms with Gasteiger partial charge in [0, 0.05) is 6.04 Å². The first-order valence-corrected chi connectivity index (χ1v) is 7.54. The van der Waals surface area contributed by atoms with Crippen molar-refractivity contribution in [3.8, 4) is 0 Å². The molecule has 1 heterocycles. The van der Waals surface area contributed by atoms with E-state index >= 15 is 0 Å². The van der Waals surface area contributed by atoms with Gasteiger partial charge in [0.2, 0.25) is 10.0 Å². The summed E-state index contributed by atoms with van der Waals surface area (Å²) in [4.78, 5) is 10.7. The number of sulfonamides is 1. The number of thiophene rings is 1. The number of rotatable bonds is 4. The molecule has 0 saturated heterocycles. The molecule has 2 N–H and O–H groups in total. The molecule has 0 spiro atoms. The molecule has 2 rings (SSSR count). The average molecular weight is 275 g/mol. The molecule has 0 bridgehead atoms. The number of carboxylic acid groups (broad SMARTS) is 1. The number of carbonyl (C=O) groups is 1. The van der Waals surface area contributed by atoms with Crippen molar-refractivity contribution < 1.29 is 18.3 Å². The molecule has 7 heteroatoms. The van der Waals surface area contributed by atoms with Gasteiger partial charge in [-0.25, -0.2) is 17.9 Å². The van der Waals surface area contributed by atoms with E-state index in [2.05, 4.69) is 11.6 Å². The Balaban J connectivity index is 2.11. The minimum atomic E-state index is -3.55. The third-order valence-corrected chi connectivity index (χ3v) is 5.84. The highest BCUT2D eigenvalue weighted by atomic mass is 32.2. The smallest absolute Gasteiger partial charge is 0.345 e. The molecule has 0 aromatic carbocycles. The molecule has 1 fully saturated rings. The van der Waals surface area contributed by atoms with Crippen LogP contribution in [-0.4, -0.2) is 25.5 Å². The van der Waals surface area contributed by atoms with Gasteiger partial charge in [-0.2, -0.15) is 0 Å². The van der Waals surface area contributed by atoms with Gasteiger partial charge in [0.25, 0.3) is 0 Å². The zero-order chi connectivity index (χ0) is 12.6. The first-order chi connectivity index (χ1) is 7.88. The number of hydrogen-bond donors (Lipinski definition) is 2. The van der Waals surface area contributed by atoms with Gasteiger partial charge in [-0.3, -0.25) is 0 Å². The Kier molecular flexibility index (Phi) is 3.24. The van der Waals surface area contributed by atoms with Crippen LogP contribution in [0.1, 0.15) is 29.4 Å². The Morgan fingerprint density at radius 3 is 2.59 bits per heavy atom. The number of hydrogen-bond acceptors (Lipinski definition) is 4. The molecule has 0 amide bonds. The second-order valence-corrected chi connectivity index (χ2v) is 7.34. The molecular weight excluding hydrogens is 262 g/mol. The highest BCUT2D eigenvalue weighted by Crippen LogP contribution is 2.29. The average Bonchev–Trinajstić information content (AvgIpc) is 2.64. The fourth-order valence-electron chi connectivity index (χ4n) is 1.86. The van der Waals surface area contributed by atoms with E-state index in [1.165, 1.54) is 12.1 Å². The van der Waals surface area contributed by atoms with Crippen LogP contribution in [-0.2, 0) is 10.0 Å². The summed E-state index contributed by atoms with van der Waals surface area (Å²) in [7, 11) is -3.55. The lowest BCUT2D eigenvalue weighted by Gasteiger charge is -2.32. The van der Waals surface area contributed by atoms with E-state index in [0.717, 1.165) is 24.2 Å². The van der Waals surface area contributed by atoms with E-state index in [1.54, 1.807) is 0 Å². The van der Waals surface area contributed by atoms with E-state index in [1.807, 2.05) is 0 Å². The Labute approximate surface area is 104 Å². The summed E-state index contributed by atoms with van der Waals surface area (Å²) in [5, 5.41) is 8.73. The third-order valence-electron chi connectivity index (χ3n) is 2.75. The van der Waals surface area contributed by atoms with Crippen molar-refractivity contribution in [1.29, 1.82) is 0 Å². The molecule has 94 valence electrons. The lowest BCUT2D eigenvalue weighted by Crippen LogP contribution is -2.43. The SMILES string of the molecule is CC1CC(NS(=O)(=O)c2ccc(C(=O)O)s2)C1. The Morgan fingerprint density at radius 1 is 1.47 bits per heavy atom. The van der Waals surface area contributed by atoms with Gasteiger partial charge in [-0.1, -0.05) is 6.92 Å². The van der Waals surface area contributed by atoms with Crippen molar-refractivity contribution in [3.63, 3.8) is 0 Å². The van der Waals surface area contributed by atoms with Crippen LogP contribution in [0.3, 0.4) is 0 Å². The highest BCUT2D eigenvalue weighted by Gasteiger charge is 2.30. The number of carboxylic acids is 1. The fourth-order valence-corrected chi connectivity index (χ4v) is 4.28. The Hall–Kier alpha value is -0.920. The molecule has 0 atom stereocenters. The van der Waals surface area contributed by atoms with Gasteiger partial charge < -0.3 is 5.11 Å². The van der Waals surface area contributed by atoms with Crippen molar-refractivity contribution in [3.05, 3.63) is 17.0 Å². The predicted molar refractivity (Wildman–Crippen MR) is 63.8 cm³/mol. The summed E-state index contributed by atoms with van der Waals surface area (Å²) in [5.74, 6) is -0.547. The Morgan fingerprint density at radius 2 is 2.12 bits per heavy atom. The highest BCUT2D eigenvalue weighted by molar-refractivity contribution is 7.91. The maximum absolute atomic E-state index is 11.9. The summed E-state index contributed by atoms with van der Waals surface area (Å²) in [6, 6.07) is 2.63. The summed E-state index contributed by atoms with van der Waals surface area (Å²) < 4.78 is 26.4. The molecule has 1 aliphatic rings. The second kappa shape index (κ2) is 4.40. The summed E-state index contributed by atoms with van der Waals surface area (Å²) in [6.45, 7) is 2.07. The summed E-state index contributed by atoms with van der Waals surface area (Å²) in [5.41, 5.74) is 0. The monoisotopic (exact) mass is 275 g/mol. The van der Waals surface area contributed by atoms with Crippen LogP contribution in [0, 0.1) is 5.92 Å². The molecule has 0 aliphatic heterocycles. The number of aromatic carboxylic acids is 1. The Bertz CT molecular complexity index is 528. The standard InChI is InChI=1S/C10H13NO4S2/c1-6-4-7(5-6)11-17(14,15)9-3-2-8(16-9)10(12)13/h2-3,6-7,11H,4-5H2,1H3,(H,12,13). The van der Waals surface area contributed by atoms with Crippen molar-refractivity contribution >= 4 is 27.3 Å². The van der Waals surface area contributed by atoms with E-state index in [-0.39, 0.29) is 15.1 Å². The second-order valence-electron chi connectivity index (χ2n) is 4.32. The van der Waals surface area contributed by atoms with Gasteiger partial charge in [-0.05, 0) is 30.9 Å². The lowest BCUT2D eigenvalue weighted by atomic mass is 9.83. The quantitative estimate of drug-likeness (QED) is 0.872. The van der Waals surface area contributed by atoms with E-state index in [0.29, 0.717) is 5.92 Å². The minimum absolute atomic E-state index is 0.00891. The topological polar surface area (TPSA) is 83.5 Å². The fraction of sp³-hybridized carbons (Fsp3) is 0.500. The summed E-state index contributed by atoms with van der Waals surface area (Å²) >= 11 is 0.775. The molecule has 1 aliphatic carbocycles. The van der Waals surface area contributed by atoms with Gasteiger partial charge in [0.15, 0.2) is 0 Å². The molecule has 1 aromatic heterocycles. The lowest BCUT2D eigenvalue weighted by molar-refractivity contribution is 0.0702. The van der Waals surface area contributed by atoms with Crippen LogP contribution < -0.4 is 4.72 Å². The van der Waals surface area contributed by atoms with Gasteiger partial charge >= 0.3 is 5.97 Å². The van der Waals surface area contributed by atoms with Crippen LogP contribution in [0.25, 0.3) is 0 Å². The van der Waals surface area contributed by atoms with Crippen molar-refractivity contribution in [2.24, 2.45) is 5.92 Å². The maximum atomic E-state index is 11.9. The van der Waals surface area contributed by atoms with Crippen LogP contribution in [0.5, 0.6) is 0 Å². The summed E-state index contributed by atoms with van der Waals surface area (Å²) in [6.07, 6.45) is 1.69. The van der Waals surface area contributed by atoms with Crippen LogP contribution in [0.4, 0.5) is 0 Å². The molecule has 0 radical (unpaired) electrons. The predicted octanol–water partition coefficient (Wildman–Crippen LogP) is 1.52. The molecule has 0 unspecified atom stereocenters. The van der Waals surface area contributed by atoms with E-state index in [9.17, 15) is 13.2 Å². The normalized spacial score (nSPS) is 24.3. The first kappa shape index (κ1) is 12.5. The largest absolute Gasteiger partial charge is 0.477 e. The van der Waals surface area contributed by atoms with Gasteiger partial charge in [-0.15, -0.1) is 11.3 Å². The van der Waals surface area contributed by atoms with Crippen LogP contribution in [0.15, 0.2) is 16.3 Å². The zero-order valence-corrected chi connectivity index (χ0v) is 10.8. The molecule has 17 heavy (non-hydrogen) atoms. The third kappa shape index (κ3) is 2.67. The molecular formula is C10H13NO4S2. The van der Waals surface area contributed by atoms with Crippen LogP contribution in [0.2, 0.25) is 0 Å². The van der Waals surface area contributed by atoms with Crippen LogP contribution >= 0.6 is 11.3 Å². The molecule has 1 aromatic rings. The molecule has 1 saturated carbocycles. The van der Waals surface area contributed by atoms with Gasteiger partial charge in [0.05, 0.1) is 0 Å². The van der Waals surface area contributed by atoms with Crippen molar-refractivity contribution in [1.82, 2.24) is 4.72 Å². The van der Waals surface area contributed by atoms with Crippen molar-refractivity contribution in [2.45, 2.75) is 30.0 Å². The zero-order valence-electron chi connectivity index (χ0n) is 9.21. The minimum Gasteiger partial charge on any atom is -0.477 e. The van der Waals surface area contributed by atoms with E-state index < -0.39 is 16.0 Å².